The molecular weight excluding hydrogens is 415 g/mol. The van der Waals surface area contributed by atoms with Gasteiger partial charge in [-0.1, -0.05) is 69.2 Å². The molecule has 1 aliphatic rings. The molecular formula is C25H30ClFN2O2. The number of nitrogens with one attached hydrogen (secondary N) is 1. The Labute approximate surface area is 188 Å². The van der Waals surface area contributed by atoms with Gasteiger partial charge in [-0.2, -0.15) is 0 Å². The van der Waals surface area contributed by atoms with Crippen molar-refractivity contribution in [2.75, 3.05) is 5.88 Å². The standard InChI is InChI=1S/C25H30ClFN2O2/c1-17-7-6-10-22(18(17)2)28-25(31)24(20-11-13-21(27)14-12-20)29(23(30)15-26)16-19-8-4-3-5-9-19/h3-5,8-9,11-14,17-18,22,24H,6-7,10,15-16H2,1-2H3,(H,28,31)/t17-,18-,22+,24+/m1/s1. The number of halogens is 2. The van der Waals surface area contributed by atoms with Crippen molar-refractivity contribution >= 4 is 23.4 Å². The minimum absolute atomic E-state index is 0.0453. The SMILES string of the molecule is C[C@@H]1[C@H](C)CCC[C@@H]1NC(=O)[C@H](c1ccc(F)cc1)N(Cc1ccccc1)C(=O)CCl. The van der Waals surface area contributed by atoms with E-state index in [4.69, 9.17) is 11.6 Å². The molecule has 0 unspecified atom stereocenters. The predicted molar refractivity (Wildman–Crippen MR) is 121 cm³/mol. The van der Waals surface area contributed by atoms with Crippen LogP contribution in [0, 0.1) is 17.7 Å². The number of nitrogens with zero attached hydrogens (tertiary/aromatic N) is 1. The second kappa shape index (κ2) is 10.8. The third-order valence-electron chi connectivity index (χ3n) is 6.41. The Kier molecular flexibility index (Phi) is 8.08. The van der Waals surface area contributed by atoms with Gasteiger partial charge < -0.3 is 10.2 Å². The van der Waals surface area contributed by atoms with E-state index in [1.165, 1.54) is 17.0 Å². The van der Waals surface area contributed by atoms with E-state index in [-0.39, 0.29) is 30.3 Å². The van der Waals surface area contributed by atoms with Crippen LogP contribution in [0.4, 0.5) is 4.39 Å². The summed E-state index contributed by atoms with van der Waals surface area (Å²) in [7, 11) is 0. The molecule has 2 aromatic rings. The molecule has 31 heavy (non-hydrogen) atoms. The normalized spacial score (nSPS) is 21.9. The van der Waals surface area contributed by atoms with E-state index < -0.39 is 11.9 Å². The summed E-state index contributed by atoms with van der Waals surface area (Å²) in [5.74, 6) is -0.372. The van der Waals surface area contributed by atoms with E-state index >= 15 is 0 Å². The monoisotopic (exact) mass is 444 g/mol. The first-order valence-corrected chi connectivity index (χ1v) is 11.4. The second-order valence-electron chi connectivity index (χ2n) is 8.48. The lowest BCUT2D eigenvalue weighted by Gasteiger charge is -2.37. The van der Waals surface area contributed by atoms with Crippen molar-refractivity contribution in [3.05, 3.63) is 71.5 Å². The van der Waals surface area contributed by atoms with E-state index in [9.17, 15) is 14.0 Å². The third-order valence-corrected chi connectivity index (χ3v) is 6.64. The van der Waals surface area contributed by atoms with E-state index in [1.807, 2.05) is 30.3 Å². The number of hydrogen-bond donors (Lipinski definition) is 1. The molecule has 0 aliphatic heterocycles. The fourth-order valence-corrected chi connectivity index (χ4v) is 4.50. The maximum Gasteiger partial charge on any atom is 0.247 e. The maximum absolute atomic E-state index is 13.6. The van der Waals surface area contributed by atoms with Crippen LogP contribution < -0.4 is 5.32 Å². The van der Waals surface area contributed by atoms with Crippen molar-refractivity contribution in [1.29, 1.82) is 0 Å². The smallest absolute Gasteiger partial charge is 0.247 e. The summed E-state index contributed by atoms with van der Waals surface area (Å²) in [6.45, 7) is 4.60. The van der Waals surface area contributed by atoms with E-state index in [0.29, 0.717) is 17.4 Å². The van der Waals surface area contributed by atoms with E-state index in [0.717, 1.165) is 24.8 Å². The lowest BCUT2D eigenvalue weighted by atomic mass is 9.78. The first-order chi connectivity index (χ1) is 14.9. The molecule has 1 fully saturated rings. The van der Waals surface area contributed by atoms with Crippen molar-refractivity contribution in [2.24, 2.45) is 11.8 Å². The molecule has 2 aromatic carbocycles. The summed E-state index contributed by atoms with van der Waals surface area (Å²) in [5.41, 5.74) is 1.45. The van der Waals surface area contributed by atoms with E-state index in [2.05, 4.69) is 19.2 Å². The Bertz CT molecular complexity index is 875. The zero-order valence-corrected chi connectivity index (χ0v) is 18.8. The Balaban J connectivity index is 1.94. The van der Waals surface area contributed by atoms with Crippen molar-refractivity contribution in [1.82, 2.24) is 10.2 Å². The molecule has 1 N–H and O–H groups in total. The van der Waals surface area contributed by atoms with E-state index in [1.54, 1.807) is 12.1 Å². The van der Waals surface area contributed by atoms with Gasteiger partial charge in [0.25, 0.3) is 0 Å². The molecule has 4 atom stereocenters. The molecule has 0 spiro atoms. The van der Waals surface area contributed by atoms with Crippen LogP contribution in [-0.2, 0) is 16.1 Å². The predicted octanol–water partition coefficient (Wildman–Crippen LogP) is 5.08. The van der Waals surface area contributed by atoms with Crippen molar-refractivity contribution < 1.29 is 14.0 Å². The van der Waals surface area contributed by atoms with Crippen LogP contribution in [0.3, 0.4) is 0 Å². The number of rotatable bonds is 7. The Morgan fingerprint density at radius 3 is 2.42 bits per heavy atom. The second-order valence-corrected chi connectivity index (χ2v) is 8.74. The van der Waals surface area contributed by atoms with Gasteiger partial charge in [0, 0.05) is 12.6 Å². The summed E-state index contributed by atoms with van der Waals surface area (Å²) < 4.78 is 13.6. The highest BCUT2D eigenvalue weighted by Gasteiger charge is 2.35. The van der Waals surface area contributed by atoms with Gasteiger partial charge in [0.15, 0.2) is 0 Å². The number of carbonyl (C=O) groups excluding carboxylic acids is 2. The summed E-state index contributed by atoms with van der Waals surface area (Å²) in [5, 5.41) is 3.19. The molecule has 4 nitrogen and oxygen atoms in total. The van der Waals surface area contributed by atoms with Gasteiger partial charge in [-0.05, 0) is 41.5 Å². The maximum atomic E-state index is 13.6. The molecule has 6 heteroatoms. The molecule has 0 radical (unpaired) electrons. The van der Waals surface area contributed by atoms with Crippen LogP contribution in [-0.4, -0.2) is 28.6 Å². The highest BCUT2D eigenvalue weighted by molar-refractivity contribution is 6.27. The van der Waals surface area contributed by atoms with Gasteiger partial charge in [-0.3, -0.25) is 9.59 Å². The van der Waals surface area contributed by atoms with Crippen molar-refractivity contribution in [3.8, 4) is 0 Å². The molecule has 0 saturated heterocycles. The van der Waals surface area contributed by atoms with Crippen LogP contribution in [0.15, 0.2) is 54.6 Å². The van der Waals surface area contributed by atoms with Gasteiger partial charge >= 0.3 is 0 Å². The zero-order valence-electron chi connectivity index (χ0n) is 18.1. The van der Waals surface area contributed by atoms with Crippen molar-refractivity contribution in [3.63, 3.8) is 0 Å². The van der Waals surface area contributed by atoms with Gasteiger partial charge in [-0.15, -0.1) is 11.6 Å². The van der Waals surface area contributed by atoms with Crippen LogP contribution >= 0.6 is 11.6 Å². The average molecular weight is 445 g/mol. The lowest BCUT2D eigenvalue weighted by Crippen LogP contribution is -2.50. The van der Waals surface area contributed by atoms with Gasteiger partial charge in [0.05, 0.1) is 0 Å². The summed E-state index contributed by atoms with van der Waals surface area (Å²) in [6, 6.07) is 14.4. The minimum Gasteiger partial charge on any atom is -0.351 e. The number of carbonyl (C=O) groups is 2. The molecule has 1 aliphatic carbocycles. The Morgan fingerprint density at radius 2 is 1.77 bits per heavy atom. The first kappa shape index (κ1) is 23.3. The molecule has 2 amide bonds. The van der Waals surface area contributed by atoms with Crippen molar-refractivity contribution in [2.45, 2.75) is 51.7 Å². The van der Waals surface area contributed by atoms with Crippen LogP contribution in [0.5, 0.6) is 0 Å². The quantitative estimate of drug-likeness (QED) is 0.606. The average Bonchev–Trinajstić information content (AvgIpc) is 2.78. The molecule has 0 bridgehead atoms. The number of benzene rings is 2. The summed E-state index contributed by atoms with van der Waals surface area (Å²) in [6.07, 6.45) is 3.13. The highest BCUT2D eigenvalue weighted by atomic mass is 35.5. The summed E-state index contributed by atoms with van der Waals surface area (Å²) >= 11 is 5.93. The largest absolute Gasteiger partial charge is 0.351 e. The first-order valence-electron chi connectivity index (χ1n) is 10.9. The fraction of sp³-hybridized carbons (Fsp3) is 0.440. The Hall–Kier alpha value is -2.40. The van der Waals surface area contributed by atoms with Crippen LogP contribution in [0.25, 0.3) is 0 Å². The Morgan fingerprint density at radius 1 is 1.10 bits per heavy atom. The highest BCUT2D eigenvalue weighted by Crippen LogP contribution is 2.31. The number of amides is 2. The van der Waals surface area contributed by atoms with Gasteiger partial charge in [-0.25, -0.2) is 4.39 Å². The lowest BCUT2D eigenvalue weighted by molar-refractivity contribution is -0.140. The topological polar surface area (TPSA) is 49.4 Å². The zero-order chi connectivity index (χ0) is 22.4. The third kappa shape index (κ3) is 5.85. The molecule has 166 valence electrons. The molecule has 0 heterocycles. The minimum atomic E-state index is -0.892. The van der Waals surface area contributed by atoms with Gasteiger partial charge in [0.2, 0.25) is 11.8 Å². The molecule has 3 rings (SSSR count). The molecule has 0 aromatic heterocycles. The number of alkyl halides is 1. The summed E-state index contributed by atoms with van der Waals surface area (Å²) in [4.78, 5) is 27.9. The van der Waals surface area contributed by atoms with Crippen LogP contribution in [0.2, 0.25) is 0 Å². The molecule has 1 saturated carbocycles. The van der Waals surface area contributed by atoms with Crippen LogP contribution in [0.1, 0.15) is 50.3 Å². The number of hydrogen-bond acceptors (Lipinski definition) is 2. The van der Waals surface area contributed by atoms with Gasteiger partial charge in [0.1, 0.15) is 17.7 Å². The fourth-order valence-electron chi connectivity index (χ4n) is 4.35.